The first-order valence-electron chi connectivity index (χ1n) is 6.74. The second kappa shape index (κ2) is 5.31. The van der Waals surface area contributed by atoms with Gasteiger partial charge in [0.15, 0.2) is 0 Å². The maximum atomic E-state index is 3.77. The Morgan fingerprint density at radius 2 is 2.00 bits per heavy atom. The second-order valence-corrected chi connectivity index (χ2v) is 5.58. The van der Waals surface area contributed by atoms with Gasteiger partial charge in [-0.05, 0) is 44.1 Å². The molecule has 88 valence electrons. The summed E-state index contributed by atoms with van der Waals surface area (Å²) in [4.78, 5) is 0. The summed E-state index contributed by atoms with van der Waals surface area (Å²) in [6.45, 7) is 7.21. The molecule has 1 aliphatic carbocycles. The van der Waals surface area contributed by atoms with E-state index < -0.39 is 0 Å². The number of piperidine rings is 1. The molecule has 2 N–H and O–H groups in total. The van der Waals surface area contributed by atoms with Crippen LogP contribution in [0, 0.1) is 11.8 Å². The van der Waals surface area contributed by atoms with Crippen LogP contribution >= 0.6 is 0 Å². The van der Waals surface area contributed by atoms with E-state index in [0.29, 0.717) is 0 Å². The molecule has 2 nitrogen and oxygen atoms in total. The van der Waals surface area contributed by atoms with Gasteiger partial charge in [-0.25, -0.2) is 0 Å². The first kappa shape index (κ1) is 11.4. The Morgan fingerprint density at radius 3 is 2.60 bits per heavy atom. The van der Waals surface area contributed by atoms with Gasteiger partial charge in [0.05, 0.1) is 0 Å². The zero-order chi connectivity index (χ0) is 10.7. The van der Waals surface area contributed by atoms with E-state index in [9.17, 15) is 0 Å². The summed E-state index contributed by atoms with van der Waals surface area (Å²) in [6, 6.07) is 1.52. The maximum absolute atomic E-state index is 3.77. The van der Waals surface area contributed by atoms with Crippen LogP contribution < -0.4 is 10.6 Å². The molecule has 15 heavy (non-hydrogen) atoms. The van der Waals surface area contributed by atoms with Crippen LogP contribution in [-0.2, 0) is 0 Å². The summed E-state index contributed by atoms with van der Waals surface area (Å²) >= 11 is 0. The molecule has 2 fully saturated rings. The van der Waals surface area contributed by atoms with E-state index in [-0.39, 0.29) is 0 Å². The van der Waals surface area contributed by atoms with Gasteiger partial charge in [-0.1, -0.05) is 20.3 Å². The Balaban J connectivity index is 1.68. The molecule has 1 saturated heterocycles. The summed E-state index contributed by atoms with van der Waals surface area (Å²) < 4.78 is 0. The van der Waals surface area contributed by atoms with Crippen LogP contribution in [0.2, 0.25) is 0 Å². The minimum Gasteiger partial charge on any atom is -0.313 e. The highest BCUT2D eigenvalue weighted by molar-refractivity contribution is 4.86. The first-order chi connectivity index (χ1) is 7.27. The van der Waals surface area contributed by atoms with Crippen molar-refractivity contribution >= 4 is 0 Å². The third-order valence-corrected chi connectivity index (χ3v) is 4.50. The Hall–Kier alpha value is -0.0800. The van der Waals surface area contributed by atoms with E-state index in [4.69, 9.17) is 0 Å². The highest BCUT2D eigenvalue weighted by atomic mass is 15.0. The Kier molecular flexibility index (Phi) is 4.04. The highest BCUT2D eigenvalue weighted by Gasteiger charge is 2.29. The lowest BCUT2D eigenvalue weighted by Gasteiger charge is -2.27. The van der Waals surface area contributed by atoms with Crippen molar-refractivity contribution in [3.63, 3.8) is 0 Å². The predicted molar refractivity (Wildman–Crippen MR) is 65.0 cm³/mol. The Bertz CT molecular complexity index is 187. The molecule has 0 spiro atoms. The summed E-state index contributed by atoms with van der Waals surface area (Å²) in [5.74, 6) is 1.79. The lowest BCUT2D eigenvalue weighted by Crippen LogP contribution is -2.45. The van der Waals surface area contributed by atoms with Crippen LogP contribution in [0.25, 0.3) is 0 Å². The van der Waals surface area contributed by atoms with Crippen molar-refractivity contribution in [1.29, 1.82) is 0 Å². The lowest BCUT2D eigenvalue weighted by molar-refractivity contribution is 0.327. The lowest BCUT2D eigenvalue weighted by atomic mass is 9.97. The predicted octanol–water partition coefficient (Wildman–Crippen LogP) is 2.15. The van der Waals surface area contributed by atoms with Crippen LogP contribution in [-0.4, -0.2) is 25.2 Å². The Morgan fingerprint density at radius 1 is 1.13 bits per heavy atom. The molecule has 0 aromatic rings. The fourth-order valence-electron chi connectivity index (χ4n) is 3.04. The topological polar surface area (TPSA) is 24.1 Å². The maximum Gasteiger partial charge on any atom is 0.0192 e. The first-order valence-corrected chi connectivity index (χ1v) is 6.74. The van der Waals surface area contributed by atoms with Crippen molar-refractivity contribution in [1.82, 2.24) is 10.6 Å². The van der Waals surface area contributed by atoms with Crippen molar-refractivity contribution in [3.05, 3.63) is 0 Å². The fourth-order valence-corrected chi connectivity index (χ4v) is 3.04. The molecule has 0 radical (unpaired) electrons. The third kappa shape index (κ3) is 2.94. The molecule has 2 aliphatic rings. The van der Waals surface area contributed by atoms with E-state index in [1.807, 2.05) is 0 Å². The van der Waals surface area contributed by atoms with Crippen molar-refractivity contribution < 1.29 is 0 Å². The molecule has 1 aliphatic heterocycles. The number of nitrogens with one attached hydrogen (secondary N) is 2. The molecule has 2 rings (SSSR count). The van der Waals surface area contributed by atoms with E-state index in [1.54, 1.807) is 0 Å². The average Bonchev–Trinajstić information content (AvgIpc) is 2.59. The van der Waals surface area contributed by atoms with E-state index in [0.717, 1.165) is 23.9 Å². The van der Waals surface area contributed by atoms with Gasteiger partial charge in [0, 0.05) is 18.6 Å². The number of hydrogen-bond acceptors (Lipinski definition) is 2. The van der Waals surface area contributed by atoms with Crippen molar-refractivity contribution in [2.45, 2.75) is 58.0 Å². The quantitative estimate of drug-likeness (QED) is 0.746. The van der Waals surface area contributed by atoms with E-state index in [2.05, 4.69) is 24.5 Å². The van der Waals surface area contributed by atoms with Crippen LogP contribution in [0.4, 0.5) is 0 Å². The Labute approximate surface area is 94.2 Å². The number of rotatable bonds is 3. The molecule has 2 heteroatoms. The monoisotopic (exact) mass is 210 g/mol. The molecular formula is C13H26N2. The molecule has 4 unspecified atom stereocenters. The average molecular weight is 210 g/mol. The van der Waals surface area contributed by atoms with Crippen molar-refractivity contribution in [2.75, 3.05) is 13.1 Å². The molecule has 4 atom stereocenters. The molecule has 0 bridgehead atoms. The zero-order valence-electron chi connectivity index (χ0n) is 10.3. The van der Waals surface area contributed by atoms with Crippen LogP contribution in [0.1, 0.15) is 46.0 Å². The minimum absolute atomic E-state index is 0.738. The zero-order valence-corrected chi connectivity index (χ0v) is 10.3. The highest BCUT2D eigenvalue weighted by Crippen LogP contribution is 2.31. The summed E-state index contributed by atoms with van der Waals surface area (Å²) in [6.07, 6.45) is 6.94. The normalized spacial score (nSPS) is 42.0. The standard InChI is InChI=1S/C13H26N2/c1-10-6-7-13(11(10)2)15-9-12-5-3-4-8-14-12/h10-15H,3-9H2,1-2H3. The second-order valence-electron chi connectivity index (χ2n) is 5.58. The minimum atomic E-state index is 0.738. The van der Waals surface area contributed by atoms with Gasteiger partial charge < -0.3 is 10.6 Å². The smallest absolute Gasteiger partial charge is 0.0192 e. The van der Waals surface area contributed by atoms with Crippen molar-refractivity contribution in [2.24, 2.45) is 11.8 Å². The van der Waals surface area contributed by atoms with Gasteiger partial charge >= 0.3 is 0 Å². The SMILES string of the molecule is CC1CCC(NCC2CCCCN2)C1C. The van der Waals surface area contributed by atoms with Gasteiger partial charge in [0.1, 0.15) is 0 Å². The van der Waals surface area contributed by atoms with Gasteiger partial charge in [-0.2, -0.15) is 0 Å². The molecule has 1 saturated carbocycles. The summed E-state index contributed by atoms with van der Waals surface area (Å²) in [5.41, 5.74) is 0. The van der Waals surface area contributed by atoms with Gasteiger partial charge in [-0.3, -0.25) is 0 Å². The van der Waals surface area contributed by atoms with Gasteiger partial charge in [-0.15, -0.1) is 0 Å². The molecule has 0 amide bonds. The number of hydrogen-bond donors (Lipinski definition) is 2. The summed E-state index contributed by atoms with van der Waals surface area (Å²) in [5, 5.41) is 7.38. The van der Waals surface area contributed by atoms with Crippen LogP contribution in [0.3, 0.4) is 0 Å². The van der Waals surface area contributed by atoms with Crippen LogP contribution in [0.15, 0.2) is 0 Å². The van der Waals surface area contributed by atoms with Gasteiger partial charge in [0.2, 0.25) is 0 Å². The molecule has 0 aromatic carbocycles. The fraction of sp³-hybridized carbons (Fsp3) is 1.00. The van der Waals surface area contributed by atoms with E-state index in [1.165, 1.54) is 45.2 Å². The molecule has 1 heterocycles. The van der Waals surface area contributed by atoms with Gasteiger partial charge in [0.25, 0.3) is 0 Å². The van der Waals surface area contributed by atoms with E-state index >= 15 is 0 Å². The van der Waals surface area contributed by atoms with Crippen molar-refractivity contribution in [3.8, 4) is 0 Å². The largest absolute Gasteiger partial charge is 0.313 e. The van der Waals surface area contributed by atoms with Crippen LogP contribution in [0.5, 0.6) is 0 Å². The molecular weight excluding hydrogens is 184 g/mol. The molecule has 0 aromatic heterocycles. The third-order valence-electron chi connectivity index (χ3n) is 4.50. The summed E-state index contributed by atoms with van der Waals surface area (Å²) in [7, 11) is 0.